The average molecular weight is 561 g/mol. The molecule has 1 saturated heterocycles. The van der Waals surface area contributed by atoms with Crippen LogP contribution in [-0.4, -0.2) is 60.6 Å². The molecule has 3 aromatic rings. The van der Waals surface area contributed by atoms with Crippen LogP contribution in [-0.2, 0) is 4.79 Å². The van der Waals surface area contributed by atoms with Gasteiger partial charge < -0.3 is 19.5 Å². The Bertz CT molecular complexity index is 1250. The lowest BCUT2D eigenvalue weighted by molar-refractivity contribution is -0.153. The second-order valence-electron chi connectivity index (χ2n) is 9.72. The summed E-state index contributed by atoms with van der Waals surface area (Å²) in [5.74, 6) is 1.57. The molecule has 0 spiro atoms. The first-order valence-corrected chi connectivity index (χ1v) is 14.2. The predicted octanol–water partition coefficient (Wildman–Crippen LogP) is 7.05. The highest BCUT2D eigenvalue weighted by Crippen LogP contribution is 2.42. The zero-order valence-electron chi connectivity index (χ0n) is 21.8. The van der Waals surface area contributed by atoms with E-state index in [1.807, 2.05) is 18.2 Å². The quantitative estimate of drug-likeness (QED) is 0.188. The SMILES string of the molecule is COc1cccc(SCCCN2CCC(CC[C@@H](F)c3c(Cl)cnc4ccc(OC)cc34)(C(=O)O)CC2)c1. The highest BCUT2D eigenvalue weighted by Gasteiger charge is 2.41. The molecule has 2 aromatic carbocycles. The summed E-state index contributed by atoms with van der Waals surface area (Å²) >= 11 is 8.16. The molecular weight excluding hydrogens is 527 g/mol. The number of carboxylic acid groups (broad SMARTS) is 1. The largest absolute Gasteiger partial charge is 0.497 e. The van der Waals surface area contributed by atoms with Gasteiger partial charge in [0, 0.05) is 22.0 Å². The summed E-state index contributed by atoms with van der Waals surface area (Å²) in [6.45, 7) is 2.31. The van der Waals surface area contributed by atoms with E-state index in [1.165, 1.54) is 11.1 Å². The summed E-state index contributed by atoms with van der Waals surface area (Å²) in [5, 5.41) is 11.0. The maximum atomic E-state index is 15.7. The number of methoxy groups -OCH3 is 2. The highest BCUT2D eigenvalue weighted by atomic mass is 35.5. The van der Waals surface area contributed by atoms with E-state index in [0.717, 1.165) is 24.5 Å². The van der Waals surface area contributed by atoms with Crippen LogP contribution in [0.15, 0.2) is 53.6 Å². The van der Waals surface area contributed by atoms with Crippen molar-refractivity contribution in [2.45, 2.75) is 43.2 Å². The number of hydrogen-bond acceptors (Lipinski definition) is 6. The van der Waals surface area contributed by atoms with Crippen molar-refractivity contribution in [1.29, 1.82) is 0 Å². The lowest BCUT2D eigenvalue weighted by atomic mass is 9.74. The standard InChI is InChI=1S/C29H34ClFN2O4S/c1-36-20-5-3-6-22(17-20)38-16-4-13-33-14-11-29(12-15-33,28(34)35)10-9-25(31)27-23-18-21(37-2)7-8-26(23)32-19-24(27)30/h3,5-8,17-19,25H,4,9-16H2,1-2H3,(H,34,35)/t25-/m1/s1. The summed E-state index contributed by atoms with van der Waals surface area (Å²) in [4.78, 5) is 20.1. The number of carboxylic acids is 1. The van der Waals surface area contributed by atoms with Crippen molar-refractivity contribution in [1.82, 2.24) is 9.88 Å². The van der Waals surface area contributed by atoms with Crippen LogP contribution in [0.5, 0.6) is 11.5 Å². The predicted molar refractivity (Wildman–Crippen MR) is 150 cm³/mol. The fraction of sp³-hybridized carbons (Fsp3) is 0.448. The third-order valence-electron chi connectivity index (χ3n) is 7.45. The van der Waals surface area contributed by atoms with E-state index in [1.54, 1.807) is 44.2 Å². The van der Waals surface area contributed by atoms with E-state index >= 15 is 4.39 Å². The van der Waals surface area contributed by atoms with Crippen LogP contribution in [0.2, 0.25) is 5.02 Å². The molecule has 2 heterocycles. The summed E-state index contributed by atoms with van der Waals surface area (Å²) in [6.07, 6.45) is 2.42. The van der Waals surface area contributed by atoms with Crippen molar-refractivity contribution in [3.05, 3.63) is 59.2 Å². The number of aliphatic carboxylic acids is 1. The number of aromatic nitrogens is 1. The number of halogens is 2. The minimum atomic E-state index is -1.40. The summed E-state index contributed by atoms with van der Waals surface area (Å²) in [5.41, 5.74) is 0.0455. The molecular formula is C29H34ClFN2O4S. The summed E-state index contributed by atoms with van der Waals surface area (Å²) in [6, 6.07) is 13.3. The first kappa shape index (κ1) is 28.5. The zero-order valence-corrected chi connectivity index (χ0v) is 23.4. The van der Waals surface area contributed by atoms with Crippen LogP contribution in [0.4, 0.5) is 4.39 Å². The van der Waals surface area contributed by atoms with Crippen molar-refractivity contribution in [2.75, 3.05) is 39.6 Å². The second kappa shape index (κ2) is 13.0. The van der Waals surface area contributed by atoms with E-state index in [9.17, 15) is 9.90 Å². The van der Waals surface area contributed by atoms with Crippen molar-refractivity contribution >= 4 is 40.2 Å². The van der Waals surface area contributed by atoms with Gasteiger partial charge in [0.25, 0.3) is 0 Å². The second-order valence-corrected chi connectivity index (χ2v) is 11.3. The van der Waals surface area contributed by atoms with Gasteiger partial charge in [0.1, 0.15) is 17.7 Å². The van der Waals surface area contributed by atoms with Gasteiger partial charge in [-0.15, -0.1) is 11.8 Å². The van der Waals surface area contributed by atoms with Crippen LogP contribution in [0.25, 0.3) is 10.9 Å². The third kappa shape index (κ3) is 6.71. The van der Waals surface area contributed by atoms with Crippen LogP contribution in [0, 0.1) is 5.41 Å². The Morgan fingerprint density at radius 1 is 1.18 bits per heavy atom. The number of rotatable bonds is 12. The van der Waals surface area contributed by atoms with Gasteiger partial charge >= 0.3 is 5.97 Å². The van der Waals surface area contributed by atoms with Crippen molar-refractivity contribution in [2.24, 2.45) is 5.41 Å². The Labute approximate surface area is 232 Å². The number of hydrogen-bond donors (Lipinski definition) is 1. The molecule has 0 saturated carbocycles. The lowest BCUT2D eigenvalue weighted by Gasteiger charge is -2.39. The Morgan fingerprint density at radius 2 is 1.92 bits per heavy atom. The molecule has 4 rings (SSSR count). The molecule has 0 bridgehead atoms. The monoisotopic (exact) mass is 560 g/mol. The zero-order chi connectivity index (χ0) is 27.1. The highest BCUT2D eigenvalue weighted by molar-refractivity contribution is 7.99. The van der Waals surface area contributed by atoms with E-state index in [0.29, 0.717) is 48.1 Å². The average Bonchev–Trinajstić information content (AvgIpc) is 2.94. The molecule has 1 N–H and O–H groups in total. The molecule has 9 heteroatoms. The molecule has 0 unspecified atom stereocenters. The molecule has 1 aliphatic heterocycles. The fourth-order valence-corrected chi connectivity index (χ4v) is 6.26. The maximum absolute atomic E-state index is 15.7. The molecule has 0 amide bonds. The summed E-state index contributed by atoms with van der Waals surface area (Å²) in [7, 11) is 3.22. The van der Waals surface area contributed by atoms with Crippen LogP contribution in [0.1, 0.15) is 43.8 Å². The lowest BCUT2D eigenvalue weighted by Crippen LogP contribution is -2.44. The molecule has 1 aromatic heterocycles. The number of likely N-dealkylation sites (tertiary alicyclic amines) is 1. The number of alkyl halides is 1. The van der Waals surface area contributed by atoms with Gasteiger partial charge in [0.05, 0.1) is 30.2 Å². The Morgan fingerprint density at radius 3 is 2.63 bits per heavy atom. The first-order valence-electron chi connectivity index (χ1n) is 12.8. The van der Waals surface area contributed by atoms with Gasteiger partial charge in [0.2, 0.25) is 0 Å². The fourth-order valence-electron chi connectivity index (χ4n) is 5.11. The van der Waals surface area contributed by atoms with Crippen LogP contribution in [0.3, 0.4) is 0 Å². The van der Waals surface area contributed by atoms with Crippen LogP contribution < -0.4 is 9.47 Å². The molecule has 0 radical (unpaired) electrons. The number of nitrogens with zero attached hydrogens (tertiary/aromatic N) is 2. The van der Waals surface area contributed by atoms with Gasteiger partial charge in [-0.25, -0.2) is 4.39 Å². The van der Waals surface area contributed by atoms with Gasteiger partial charge in [-0.3, -0.25) is 9.78 Å². The Balaban J connectivity index is 1.32. The molecule has 0 aliphatic carbocycles. The van der Waals surface area contributed by atoms with Gasteiger partial charge in [-0.1, -0.05) is 17.7 Å². The van der Waals surface area contributed by atoms with Crippen molar-refractivity contribution in [3.8, 4) is 11.5 Å². The number of ether oxygens (including phenoxy) is 2. The molecule has 6 nitrogen and oxygen atoms in total. The van der Waals surface area contributed by atoms with E-state index in [2.05, 4.69) is 16.0 Å². The first-order chi connectivity index (χ1) is 18.3. The maximum Gasteiger partial charge on any atom is 0.309 e. The minimum Gasteiger partial charge on any atom is -0.497 e. The number of benzene rings is 2. The number of fused-ring (bicyclic) bond motifs is 1. The van der Waals surface area contributed by atoms with Crippen molar-refractivity contribution < 1.29 is 23.8 Å². The van der Waals surface area contributed by atoms with Gasteiger partial charge in [-0.05, 0) is 93.9 Å². The Kier molecular flexibility index (Phi) is 9.74. The molecule has 1 fully saturated rings. The molecule has 204 valence electrons. The number of thioether (sulfide) groups is 1. The van der Waals surface area contributed by atoms with E-state index in [4.69, 9.17) is 21.1 Å². The smallest absolute Gasteiger partial charge is 0.309 e. The normalized spacial score (nSPS) is 16.3. The summed E-state index contributed by atoms with van der Waals surface area (Å²) < 4.78 is 26.2. The van der Waals surface area contributed by atoms with Gasteiger partial charge in [0.15, 0.2) is 0 Å². The molecule has 38 heavy (non-hydrogen) atoms. The minimum absolute atomic E-state index is 0.0829. The van der Waals surface area contributed by atoms with Crippen molar-refractivity contribution in [3.63, 3.8) is 0 Å². The number of pyridine rings is 1. The number of piperidine rings is 1. The van der Waals surface area contributed by atoms with Crippen LogP contribution >= 0.6 is 23.4 Å². The third-order valence-corrected chi connectivity index (χ3v) is 8.83. The Hall–Kier alpha value is -2.55. The molecule has 1 aliphatic rings. The number of carbonyl (C=O) groups is 1. The topological polar surface area (TPSA) is 71.9 Å². The molecule has 1 atom stereocenters. The van der Waals surface area contributed by atoms with E-state index in [-0.39, 0.29) is 17.9 Å². The van der Waals surface area contributed by atoms with Gasteiger partial charge in [-0.2, -0.15) is 0 Å². The van der Waals surface area contributed by atoms with E-state index < -0.39 is 17.6 Å².